The molecule has 0 unspecified atom stereocenters. The number of carboxylic acids is 1. The SMILES string of the molecule is COC(=O)CCNC(=O)c1c(C)ccc(C)c1C(=O)O. The van der Waals surface area contributed by atoms with E-state index in [0.717, 1.165) is 0 Å². The number of carbonyl (C=O) groups is 3. The Labute approximate surface area is 116 Å². The van der Waals surface area contributed by atoms with Crippen molar-refractivity contribution in [2.75, 3.05) is 13.7 Å². The first-order valence-electron chi connectivity index (χ1n) is 6.07. The second-order valence-electron chi connectivity index (χ2n) is 4.34. The van der Waals surface area contributed by atoms with Gasteiger partial charge in [-0.05, 0) is 25.0 Å². The van der Waals surface area contributed by atoms with Gasteiger partial charge in [0.1, 0.15) is 0 Å². The van der Waals surface area contributed by atoms with Crippen LogP contribution in [-0.2, 0) is 9.53 Å². The largest absolute Gasteiger partial charge is 0.478 e. The van der Waals surface area contributed by atoms with Crippen molar-refractivity contribution in [3.63, 3.8) is 0 Å². The summed E-state index contributed by atoms with van der Waals surface area (Å²) in [4.78, 5) is 34.3. The predicted molar refractivity (Wildman–Crippen MR) is 71.8 cm³/mol. The summed E-state index contributed by atoms with van der Waals surface area (Å²) in [6, 6.07) is 3.35. The van der Waals surface area contributed by atoms with E-state index in [0.29, 0.717) is 11.1 Å². The van der Waals surface area contributed by atoms with Crippen LogP contribution in [0.25, 0.3) is 0 Å². The molecule has 0 aliphatic carbocycles. The molecule has 1 aromatic rings. The van der Waals surface area contributed by atoms with Crippen molar-refractivity contribution in [1.82, 2.24) is 5.32 Å². The van der Waals surface area contributed by atoms with Gasteiger partial charge in [-0.3, -0.25) is 9.59 Å². The molecule has 0 radical (unpaired) electrons. The van der Waals surface area contributed by atoms with Gasteiger partial charge in [0.2, 0.25) is 0 Å². The zero-order chi connectivity index (χ0) is 15.3. The van der Waals surface area contributed by atoms with Crippen LogP contribution in [-0.4, -0.2) is 36.6 Å². The molecule has 2 N–H and O–H groups in total. The third kappa shape index (κ3) is 3.57. The number of carboxylic acid groups (broad SMARTS) is 1. The van der Waals surface area contributed by atoms with Gasteiger partial charge in [-0.2, -0.15) is 0 Å². The number of hydrogen-bond acceptors (Lipinski definition) is 4. The summed E-state index contributed by atoms with van der Waals surface area (Å²) in [6.07, 6.45) is 0.0372. The molecule has 20 heavy (non-hydrogen) atoms. The van der Waals surface area contributed by atoms with Gasteiger partial charge in [-0.1, -0.05) is 12.1 Å². The van der Waals surface area contributed by atoms with E-state index in [1.807, 2.05) is 0 Å². The molecule has 6 heteroatoms. The normalized spacial score (nSPS) is 9.95. The molecule has 1 aromatic carbocycles. The Morgan fingerprint density at radius 2 is 1.70 bits per heavy atom. The van der Waals surface area contributed by atoms with Crippen LogP contribution in [0.15, 0.2) is 12.1 Å². The van der Waals surface area contributed by atoms with Gasteiger partial charge < -0.3 is 15.2 Å². The number of methoxy groups -OCH3 is 1. The molecule has 0 saturated carbocycles. The lowest BCUT2D eigenvalue weighted by Gasteiger charge is -2.12. The van der Waals surface area contributed by atoms with E-state index < -0.39 is 17.8 Å². The first-order chi connectivity index (χ1) is 9.38. The number of hydrogen-bond donors (Lipinski definition) is 2. The molecular weight excluding hydrogens is 262 g/mol. The highest BCUT2D eigenvalue weighted by atomic mass is 16.5. The monoisotopic (exact) mass is 279 g/mol. The summed E-state index contributed by atoms with van der Waals surface area (Å²) in [5, 5.41) is 11.7. The molecular formula is C14H17NO5. The predicted octanol–water partition coefficient (Wildman–Crippen LogP) is 1.29. The minimum atomic E-state index is -1.15. The Kier molecular flexibility index (Phi) is 5.25. The van der Waals surface area contributed by atoms with Gasteiger partial charge >= 0.3 is 11.9 Å². The molecule has 0 spiro atoms. The van der Waals surface area contributed by atoms with Crippen LogP contribution in [0.2, 0.25) is 0 Å². The first-order valence-corrected chi connectivity index (χ1v) is 6.07. The second kappa shape index (κ2) is 6.70. The molecule has 1 amide bonds. The Morgan fingerprint density at radius 3 is 2.20 bits per heavy atom. The fraction of sp³-hybridized carbons (Fsp3) is 0.357. The first kappa shape index (κ1) is 15.7. The number of ether oxygens (including phenoxy) is 1. The average molecular weight is 279 g/mol. The molecule has 0 atom stereocenters. The maximum Gasteiger partial charge on any atom is 0.336 e. The quantitative estimate of drug-likeness (QED) is 0.792. The fourth-order valence-corrected chi connectivity index (χ4v) is 1.85. The second-order valence-corrected chi connectivity index (χ2v) is 4.34. The lowest BCUT2D eigenvalue weighted by Crippen LogP contribution is -2.29. The topological polar surface area (TPSA) is 92.7 Å². The molecule has 6 nitrogen and oxygen atoms in total. The highest BCUT2D eigenvalue weighted by Crippen LogP contribution is 2.18. The maximum absolute atomic E-state index is 12.1. The van der Waals surface area contributed by atoms with Gasteiger partial charge in [0.05, 0.1) is 24.7 Å². The van der Waals surface area contributed by atoms with E-state index in [9.17, 15) is 19.5 Å². The molecule has 1 rings (SSSR count). The third-order valence-electron chi connectivity index (χ3n) is 2.91. The number of esters is 1. The van der Waals surface area contributed by atoms with Gasteiger partial charge in [0.25, 0.3) is 5.91 Å². The number of benzene rings is 1. The molecule has 0 saturated heterocycles. The fourth-order valence-electron chi connectivity index (χ4n) is 1.85. The van der Waals surface area contributed by atoms with Crippen molar-refractivity contribution < 1.29 is 24.2 Å². The van der Waals surface area contributed by atoms with E-state index in [1.165, 1.54) is 7.11 Å². The minimum Gasteiger partial charge on any atom is -0.478 e. The lowest BCUT2D eigenvalue weighted by molar-refractivity contribution is -0.140. The number of aromatic carboxylic acids is 1. The minimum absolute atomic E-state index is 0.0134. The molecule has 0 aromatic heterocycles. The van der Waals surface area contributed by atoms with Crippen LogP contribution in [0.5, 0.6) is 0 Å². The van der Waals surface area contributed by atoms with Gasteiger partial charge in [-0.25, -0.2) is 4.79 Å². The van der Waals surface area contributed by atoms with E-state index in [-0.39, 0.29) is 24.1 Å². The van der Waals surface area contributed by atoms with Crippen LogP contribution in [0.1, 0.15) is 38.3 Å². The summed E-state index contributed by atoms with van der Waals surface area (Å²) in [5.41, 5.74) is 1.20. The lowest BCUT2D eigenvalue weighted by atomic mass is 9.96. The zero-order valence-corrected chi connectivity index (χ0v) is 11.6. The smallest absolute Gasteiger partial charge is 0.336 e. The molecule has 0 fully saturated rings. The van der Waals surface area contributed by atoms with Crippen molar-refractivity contribution in [3.05, 3.63) is 34.4 Å². The van der Waals surface area contributed by atoms with Crippen molar-refractivity contribution in [2.24, 2.45) is 0 Å². The Morgan fingerprint density at radius 1 is 1.15 bits per heavy atom. The summed E-state index contributed by atoms with van der Waals surface area (Å²) in [6.45, 7) is 3.40. The number of nitrogens with one attached hydrogen (secondary N) is 1. The van der Waals surface area contributed by atoms with Crippen molar-refractivity contribution in [1.29, 1.82) is 0 Å². The van der Waals surface area contributed by atoms with E-state index in [2.05, 4.69) is 10.1 Å². The van der Waals surface area contributed by atoms with Crippen molar-refractivity contribution >= 4 is 17.8 Å². The van der Waals surface area contributed by atoms with Crippen LogP contribution >= 0.6 is 0 Å². The average Bonchev–Trinajstić information content (AvgIpc) is 2.40. The Hall–Kier alpha value is -2.37. The summed E-state index contributed by atoms with van der Waals surface area (Å²) >= 11 is 0. The zero-order valence-electron chi connectivity index (χ0n) is 11.6. The standard InChI is InChI=1S/C14H17NO5/c1-8-4-5-9(2)12(14(18)19)11(8)13(17)15-7-6-10(16)20-3/h4-5H,6-7H2,1-3H3,(H,15,17)(H,18,19). The molecule has 0 bridgehead atoms. The summed E-state index contributed by atoms with van der Waals surface area (Å²) in [5.74, 6) is -2.10. The van der Waals surface area contributed by atoms with Gasteiger partial charge in [0, 0.05) is 6.54 Å². The van der Waals surface area contributed by atoms with E-state index >= 15 is 0 Å². The molecule has 0 aliphatic heterocycles. The summed E-state index contributed by atoms with van der Waals surface area (Å²) in [7, 11) is 1.26. The third-order valence-corrected chi connectivity index (χ3v) is 2.91. The van der Waals surface area contributed by atoms with Crippen molar-refractivity contribution in [3.8, 4) is 0 Å². The van der Waals surface area contributed by atoms with Gasteiger partial charge in [0.15, 0.2) is 0 Å². The Balaban J connectivity index is 2.95. The van der Waals surface area contributed by atoms with Gasteiger partial charge in [-0.15, -0.1) is 0 Å². The Bertz CT molecular complexity index is 551. The molecule has 0 heterocycles. The van der Waals surface area contributed by atoms with Crippen LogP contribution in [0.3, 0.4) is 0 Å². The maximum atomic E-state index is 12.1. The number of carbonyl (C=O) groups excluding carboxylic acids is 2. The van der Waals surface area contributed by atoms with Crippen LogP contribution in [0, 0.1) is 13.8 Å². The van der Waals surface area contributed by atoms with Crippen LogP contribution in [0.4, 0.5) is 0 Å². The number of amides is 1. The highest BCUT2D eigenvalue weighted by molar-refractivity contribution is 6.06. The molecule has 0 aliphatic rings. The van der Waals surface area contributed by atoms with Crippen molar-refractivity contribution in [2.45, 2.75) is 20.3 Å². The molecule has 108 valence electrons. The van der Waals surface area contributed by atoms with E-state index in [4.69, 9.17) is 0 Å². The van der Waals surface area contributed by atoms with E-state index in [1.54, 1.807) is 26.0 Å². The van der Waals surface area contributed by atoms with Crippen LogP contribution < -0.4 is 5.32 Å². The summed E-state index contributed by atoms with van der Waals surface area (Å²) < 4.78 is 4.46. The number of aryl methyl sites for hydroxylation is 2. The highest BCUT2D eigenvalue weighted by Gasteiger charge is 2.21. The number of rotatable bonds is 5.